The summed E-state index contributed by atoms with van der Waals surface area (Å²) in [6.07, 6.45) is -4.73. The van der Waals surface area contributed by atoms with E-state index in [1.165, 1.54) is 29.3 Å². The molecule has 1 aliphatic rings. The van der Waals surface area contributed by atoms with E-state index >= 15 is 0 Å². The number of tetrazole rings is 1. The SMILES string of the molecule is C=Cn1nnc(-c2ccc(-c3ccc(N4CC(C(O)C(F)F)OC4=O)cc3F)cn2)n1.O=P(O)(O)O. The quantitative estimate of drug-likeness (QED) is 0.340. The molecule has 4 rings (SSSR count). The van der Waals surface area contributed by atoms with Gasteiger partial charge in [-0.2, -0.15) is 0 Å². The molecule has 13 nitrogen and oxygen atoms in total. The zero-order chi connectivity index (χ0) is 26.6. The van der Waals surface area contributed by atoms with Crippen molar-refractivity contribution in [2.45, 2.75) is 18.6 Å². The van der Waals surface area contributed by atoms with Crippen LogP contribution in [0.25, 0.3) is 28.8 Å². The summed E-state index contributed by atoms with van der Waals surface area (Å²) in [7, 11) is -4.64. The van der Waals surface area contributed by atoms with E-state index in [1.54, 1.807) is 12.1 Å². The van der Waals surface area contributed by atoms with Crippen LogP contribution in [0.4, 0.5) is 23.7 Å². The molecule has 3 heterocycles. The summed E-state index contributed by atoms with van der Waals surface area (Å²) in [6.45, 7) is 3.20. The average molecular weight is 530 g/mol. The zero-order valence-electron chi connectivity index (χ0n) is 18.0. The molecule has 2 aromatic heterocycles. The highest BCUT2D eigenvalue weighted by molar-refractivity contribution is 7.45. The molecule has 0 radical (unpaired) electrons. The Hall–Kier alpha value is -3.69. The van der Waals surface area contributed by atoms with Crippen LogP contribution in [0.2, 0.25) is 0 Å². The predicted octanol–water partition coefficient (Wildman–Crippen LogP) is 1.66. The van der Waals surface area contributed by atoms with Crippen molar-refractivity contribution in [3.05, 3.63) is 48.9 Å². The third-order valence-electron chi connectivity index (χ3n) is 4.63. The summed E-state index contributed by atoms with van der Waals surface area (Å²) in [4.78, 5) is 39.9. The third-order valence-corrected chi connectivity index (χ3v) is 4.63. The van der Waals surface area contributed by atoms with Crippen LogP contribution in [0.15, 0.2) is 43.1 Å². The lowest BCUT2D eigenvalue weighted by molar-refractivity contribution is -0.0641. The number of cyclic esters (lactones) is 1. The second-order valence-electron chi connectivity index (χ2n) is 7.08. The third kappa shape index (κ3) is 6.71. The Morgan fingerprint density at radius 1 is 1.22 bits per heavy atom. The first-order chi connectivity index (χ1) is 16.9. The van der Waals surface area contributed by atoms with Gasteiger partial charge in [-0.05, 0) is 29.5 Å². The lowest BCUT2D eigenvalue weighted by atomic mass is 10.1. The molecule has 3 aromatic rings. The molecule has 36 heavy (non-hydrogen) atoms. The van der Waals surface area contributed by atoms with Crippen molar-refractivity contribution in [2.75, 3.05) is 11.4 Å². The lowest BCUT2D eigenvalue weighted by Crippen LogP contribution is -2.36. The van der Waals surface area contributed by atoms with Crippen molar-refractivity contribution < 1.29 is 47.1 Å². The monoisotopic (exact) mass is 530 g/mol. The van der Waals surface area contributed by atoms with Gasteiger partial charge in [-0.1, -0.05) is 12.6 Å². The maximum absolute atomic E-state index is 14.7. The standard InChI is InChI=1S/C19H15F3N6O3.H3O4P/c1-2-28-25-18(24-26-28)14-6-3-10(8-23-14)12-5-4-11(7-13(12)20)27-9-15(31-19(27)30)16(29)17(21)22;1-5(2,3)4/h2-8,15-17,29H,1,9H2;(H3,1,2,3,4). The molecular formula is C19H18F3N6O7P. The van der Waals surface area contributed by atoms with Gasteiger partial charge < -0.3 is 24.5 Å². The smallest absolute Gasteiger partial charge is 0.441 e. The Labute approximate surface area is 200 Å². The maximum Gasteiger partial charge on any atom is 0.466 e. The van der Waals surface area contributed by atoms with Gasteiger partial charge in [-0.3, -0.25) is 9.88 Å². The van der Waals surface area contributed by atoms with Gasteiger partial charge >= 0.3 is 13.9 Å². The van der Waals surface area contributed by atoms with Gasteiger partial charge in [-0.25, -0.2) is 22.5 Å². The normalized spacial score (nSPS) is 16.4. The van der Waals surface area contributed by atoms with Gasteiger partial charge in [0.25, 0.3) is 6.43 Å². The summed E-state index contributed by atoms with van der Waals surface area (Å²) in [6, 6.07) is 7.17. The van der Waals surface area contributed by atoms with E-state index in [4.69, 9.17) is 24.0 Å². The van der Waals surface area contributed by atoms with E-state index in [2.05, 4.69) is 27.0 Å². The van der Waals surface area contributed by atoms with Crippen LogP contribution in [-0.2, 0) is 9.30 Å². The van der Waals surface area contributed by atoms with Gasteiger partial charge in [0.05, 0.1) is 12.2 Å². The highest BCUT2D eigenvalue weighted by Gasteiger charge is 2.40. The van der Waals surface area contributed by atoms with Crippen molar-refractivity contribution in [3.63, 3.8) is 0 Å². The molecule has 4 N–H and O–H groups in total. The molecule has 17 heteroatoms. The molecule has 1 aliphatic heterocycles. The number of carbonyl (C=O) groups is 1. The minimum atomic E-state index is -4.64. The number of amides is 1. The first-order valence-corrected chi connectivity index (χ1v) is 11.3. The summed E-state index contributed by atoms with van der Waals surface area (Å²) in [5, 5.41) is 21.0. The Kier molecular flexibility index (Phi) is 8.17. The molecule has 1 amide bonds. The molecule has 2 atom stereocenters. The van der Waals surface area contributed by atoms with Crippen molar-refractivity contribution in [3.8, 4) is 22.6 Å². The molecule has 0 spiro atoms. The Morgan fingerprint density at radius 3 is 2.44 bits per heavy atom. The van der Waals surface area contributed by atoms with Crippen molar-refractivity contribution >= 4 is 25.8 Å². The van der Waals surface area contributed by atoms with Gasteiger partial charge in [0.2, 0.25) is 5.82 Å². The molecule has 1 saturated heterocycles. The highest BCUT2D eigenvalue weighted by atomic mass is 31.2. The zero-order valence-corrected chi connectivity index (χ0v) is 18.9. The number of rotatable bonds is 6. The second-order valence-corrected chi connectivity index (χ2v) is 8.11. The number of pyridine rings is 1. The van der Waals surface area contributed by atoms with Crippen LogP contribution < -0.4 is 4.90 Å². The molecular weight excluding hydrogens is 512 g/mol. The molecule has 2 unspecified atom stereocenters. The first-order valence-electron chi connectivity index (χ1n) is 9.78. The van der Waals surface area contributed by atoms with Gasteiger partial charge in [0.1, 0.15) is 11.5 Å². The minimum Gasteiger partial charge on any atom is -0.441 e. The minimum absolute atomic E-state index is 0.116. The molecule has 0 aliphatic carbocycles. The van der Waals surface area contributed by atoms with Gasteiger partial charge in [-0.15, -0.1) is 15.0 Å². The number of phosphoric acid groups is 1. The number of hydrogen-bond donors (Lipinski definition) is 4. The fourth-order valence-electron chi connectivity index (χ4n) is 3.03. The summed E-state index contributed by atoms with van der Waals surface area (Å²) in [5.41, 5.74) is 1.21. The maximum atomic E-state index is 14.7. The Morgan fingerprint density at radius 2 is 1.92 bits per heavy atom. The van der Waals surface area contributed by atoms with E-state index < -0.39 is 38.4 Å². The van der Waals surface area contributed by atoms with E-state index in [9.17, 15) is 23.1 Å². The van der Waals surface area contributed by atoms with Crippen LogP contribution >= 0.6 is 7.82 Å². The number of aliphatic hydroxyl groups is 1. The van der Waals surface area contributed by atoms with Crippen LogP contribution in [0.1, 0.15) is 0 Å². The van der Waals surface area contributed by atoms with Crippen LogP contribution in [-0.4, -0.2) is 76.2 Å². The van der Waals surface area contributed by atoms with Crippen LogP contribution in [0.3, 0.4) is 0 Å². The highest BCUT2D eigenvalue weighted by Crippen LogP contribution is 2.30. The number of alkyl halides is 2. The number of carbonyl (C=O) groups excluding carboxylic acids is 1. The number of nitrogens with zero attached hydrogens (tertiary/aromatic N) is 6. The van der Waals surface area contributed by atoms with Crippen LogP contribution in [0, 0.1) is 5.82 Å². The van der Waals surface area contributed by atoms with Crippen molar-refractivity contribution in [1.29, 1.82) is 0 Å². The molecule has 192 valence electrons. The lowest BCUT2D eigenvalue weighted by Gasteiger charge is -2.16. The largest absolute Gasteiger partial charge is 0.466 e. The van der Waals surface area contributed by atoms with Crippen molar-refractivity contribution in [2.24, 2.45) is 0 Å². The number of aromatic nitrogens is 5. The van der Waals surface area contributed by atoms with E-state index in [1.807, 2.05) is 0 Å². The molecule has 0 saturated carbocycles. The summed E-state index contributed by atoms with van der Waals surface area (Å²) in [5.74, 6) is -0.385. The summed E-state index contributed by atoms with van der Waals surface area (Å²) < 4.78 is 53.7. The second kappa shape index (κ2) is 10.9. The van der Waals surface area contributed by atoms with E-state index in [0.29, 0.717) is 11.3 Å². The fourth-order valence-corrected chi connectivity index (χ4v) is 3.03. The number of halogens is 3. The number of anilines is 1. The first kappa shape index (κ1) is 26.9. The number of hydrogen-bond acceptors (Lipinski definition) is 8. The topological polar surface area (TPSA) is 184 Å². The molecule has 1 aromatic carbocycles. The number of aliphatic hydroxyl groups excluding tert-OH is 1. The number of benzene rings is 1. The van der Waals surface area contributed by atoms with Crippen molar-refractivity contribution in [1.82, 2.24) is 25.2 Å². The Bertz CT molecular complexity index is 1280. The molecule has 1 fully saturated rings. The average Bonchev–Trinajstić information content (AvgIpc) is 3.44. The summed E-state index contributed by atoms with van der Waals surface area (Å²) >= 11 is 0. The predicted molar refractivity (Wildman–Crippen MR) is 117 cm³/mol. The van der Waals surface area contributed by atoms with E-state index in [-0.39, 0.29) is 23.6 Å². The molecule has 0 bridgehead atoms. The fraction of sp³-hybridized carbons (Fsp3) is 0.211. The van der Waals surface area contributed by atoms with Gasteiger partial charge in [0.15, 0.2) is 12.2 Å². The van der Waals surface area contributed by atoms with Crippen LogP contribution in [0.5, 0.6) is 0 Å². The van der Waals surface area contributed by atoms with Gasteiger partial charge in [0, 0.05) is 23.5 Å². The van der Waals surface area contributed by atoms with E-state index in [0.717, 1.165) is 11.0 Å². The number of ether oxygens (including phenoxy) is 1. The Balaban J connectivity index is 0.000000658.